The van der Waals surface area contributed by atoms with Crippen LogP contribution >= 0.6 is 0 Å². The standard InChI is InChI=1S/C8H16N2/c1-4-8-9-6(2)5-7(3)10-8/h6,8-9H,4-5H2,1-3H3. The first-order chi connectivity index (χ1) is 4.72. The van der Waals surface area contributed by atoms with Crippen LogP contribution in [0.1, 0.15) is 33.6 Å². The van der Waals surface area contributed by atoms with Crippen molar-refractivity contribution in [1.29, 1.82) is 0 Å². The molecule has 10 heavy (non-hydrogen) atoms. The Morgan fingerprint density at radius 2 is 2.40 bits per heavy atom. The molecule has 1 aliphatic heterocycles. The number of rotatable bonds is 1. The van der Waals surface area contributed by atoms with E-state index in [-0.39, 0.29) is 0 Å². The molecule has 0 aromatic rings. The average Bonchev–Trinajstić information content (AvgIpc) is 1.85. The van der Waals surface area contributed by atoms with Gasteiger partial charge in [0.1, 0.15) is 0 Å². The van der Waals surface area contributed by atoms with Crippen LogP contribution in [0.2, 0.25) is 0 Å². The van der Waals surface area contributed by atoms with E-state index in [1.165, 1.54) is 5.71 Å². The summed E-state index contributed by atoms with van der Waals surface area (Å²) in [4.78, 5) is 4.46. The highest BCUT2D eigenvalue weighted by atomic mass is 15.1. The Balaban J connectivity index is 2.55. The second-order valence-electron chi connectivity index (χ2n) is 3.06. The van der Waals surface area contributed by atoms with Crippen LogP contribution in [0.15, 0.2) is 4.99 Å². The highest BCUT2D eigenvalue weighted by molar-refractivity contribution is 5.83. The van der Waals surface area contributed by atoms with Gasteiger partial charge in [0.25, 0.3) is 0 Å². The van der Waals surface area contributed by atoms with Crippen molar-refractivity contribution in [3.05, 3.63) is 0 Å². The van der Waals surface area contributed by atoms with Crippen molar-refractivity contribution in [2.24, 2.45) is 4.99 Å². The highest BCUT2D eigenvalue weighted by Gasteiger charge is 2.14. The zero-order valence-corrected chi connectivity index (χ0v) is 7.02. The second-order valence-corrected chi connectivity index (χ2v) is 3.06. The minimum Gasteiger partial charge on any atom is -0.293 e. The van der Waals surface area contributed by atoms with Crippen molar-refractivity contribution in [3.8, 4) is 0 Å². The Kier molecular flexibility index (Phi) is 2.44. The molecule has 0 bridgehead atoms. The second kappa shape index (κ2) is 3.15. The lowest BCUT2D eigenvalue weighted by Crippen LogP contribution is -2.40. The maximum Gasteiger partial charge on any atom is 0.0992 e. The summed E-state index contributed by atoms with van der Waals surface area (Å²) in [5.74, 6) is 0. The normalized spacial score (nSPS) is 33.7. The van der Waals surface area contributed by atoms with Crippen molar-refractivity contribution < 1.29 is 0 Å². The first-order valence-electron chi connectivity index (χ1n) is 4.01. The molecule has 0 aromatic heterocycles. The molecule has 1 aliphatic rings. The zero-order chi connectivity index (χ0) is 7.56. The molecule has 0 aliphatic carbocycles. The van der Waals surface area contributed by atoms with E-state index in [0.717, 1.165) is 12.8 Å². The molecular formula is C8H16N2. The van der Waals surface area contributed by atoms with Gasteiger partial charge in [-0.3, -0.25) is 10.3 Å². The lowest BCUT2D eigenvalue weighted by atomic mass is 10.1. The third kappa shape index (κ3) is 1.81. The van der Waals surface area contributed by atoms with Gasteiger partial charge in [-0.05, 0) is 20.3 Å². The lowest BCUT2D eigenvalue weighted by molar-refractivity contribution is 0.431. The molecule has 0 spiro atoms. The average molecular weight is 140 g/mol. The minimum atomic E-state index is 0.378. The van der Waals surface area contributed by atoms with Gasteiger partial charge in [0, 0.05) is 18.2 Å². The molecule has 0 radical (unpaired) electrons. The van der Waals surface area contributed by atoms with Crippen molar-refractivity contribution in [2.45, 2.75) is 45.8 Å². The molecule has 0 fully saturated rings. The Bertz CT molecular complexity index is 140. The number of hydrogen-bond donors (Lipinski definition) is 1. The summed E-state index contributed by atoms with van der Waals surface area (Å²) in [5.41, 5.74) is 1.29. The molecular weight excluding hydrogens is 124 g/mol. The van der Waals surface area contributed by atoms with Crippen molar-refractivity contribution in [2.75, 3.05) is 0 Å². The van der Waals surface area contributed by atoms with E-state index in [0.29, 0.717) is 12.2 Å². The third-order valence-electron chi connectivity index (χ3n) is 1.84. The topological polar surface area (TPSA) is 24.4 Å². The molecule has 2 heteroatoms. The van der Waals surface area contributed by atoms with Gasteiger partial charge in [0.05, 0.1) is 6.17 Å². The van der Waals surface area contributed by atoms with E-state index >= 15 is 0 Å². The summed E-state index contributed by atoms with van der Waals surface area (Å²) in [7, 11) is 0. The molecule has 2 unspecified atom stereocenters. The Morgan fingerprint density at radius 3 is 2.90 bits per heavy atom. The molecule has 0 saturated carbocycles. The monoisotopic (exact) mass is 140 g/mol. The van der Waals surface area contributed by atoms with Crippen LogP contribution in [0.25, 0.3) is 0 Å². The van der Waals surface area contributed by atoms with Crippen LogP contribution in [0.4, 0.5) is 0 Å². The van der Waals surface area contributed by atoms with E-state index in [9.17, 15) is 0 Å². The largest absolute Gasteiger partial charge is 0.293 e. The van der Waals surface area contributed by atoms with Gasteiger partial charge in [-0.2, -0.15) is 0 Å². The van der Waals surface area contributed by atoms with Crippen LogP contribution < -0.4 is 5.32 Å². The lowest BCUT2D eigenvalue weighted by Gasteiger charge is -2.25. The Morgan fingerprint density at radius 1 is 1.70 bits per heavy atom. The summed E-state index contributed by atoms with van der Waals surface area (Å²) in [5, 5.41) is 3.41. The molecule has 58 valence electrons. The van der Waals surface area contributed by atoms with Crippen molar-refractivity contribution in [3.63, 3.8) is 0 Å². The SMILES string of the molecule is CCC1N=C(C)CC(C)N1. The minimum absolute atomic E-state index is 0.378. The van der Waals surface area contributed by atoms with Gasteiger partial charge < -0.3 is 0 Å². The fourth-order valence-corrected chi connectivity index (χ4v) is 1.40. The fraction of sp³-hybridized carbons (Fsp3) is 0.875. The molecule has 2 atom stereocenters. The van der Waals surface area contributed by atoms with Crippen LogP contribution in [-0.2, 0) is 0 Å². The molecule has 1 N–H and O–H groups in total. The molecule has 1 rings (SSSR count). The van der Waals surface area contributed by atoms with Crippen molar-refractivity contribution in [1.82, 2.24) is 5.32 Å². The smallest absolute Gasteiger partial charge is 0.0992 e. The molecule has 0 amide bonds. The van der Waals surface area contributed by atoms with Crippen LogP contribution in [-0.4, -0.2) is 17.9 Å². The summed E-state index contributed by atoms with van der Waals surface area (Å²) < 4.78 is 0. The molecule has 0 aromatic carbocycles. The summed E-state index contributed by atoms with van der Waals surface area (Å²) >= 11 is 0. The summed E-state index contributed by atoms with van der Waals surface area (Å²) in [6.07, 6.45) is 2.58. The highest BCUT2D eigenvalue weighted by Crippen LogP contribution is 2.07. The Hall–Kier alpha value is -0.370. The Labute approximate surface area is 62.7 Å². The molecule has 2 nitrogen and oxygen atoms in total. The zero-order valence-electron chi connectivity index (χ0n) is 7.02. The number of nitrogens with zero attached hydrogens (tertiary/aromatic N) is 1. The maximum absolute atomic E-state index is 4.46. The predicted molar refractivity (Wildman–Crippen MR) is 44.4 cm³/mol. The van der Waals surface area contributed by atoms with Gasteiger partial charge in [-0.15, -0.1) is 0 Å². The van der Waals surface area contributed by atoms with E-state index < -0.39 is 0 Å². The number of hydrogen-bond acceptors (Lipinski definition) is 2. The van der Waals surface area contributed by atoms with Gasteiger partial charge in [-0.1, -0.05) is 6.92 Å². The van der Waals surface area contributed by atoms with E-state index in [4.69, 9.17) is 0 Å². The first-order valence-corrected chi connectivity index (χ1v) is 4.01. The van der Waals surface area contributed by atoms with Crippen molar-refractivity contribution >= 4 is 5.71 Å². The van der Waals surface area contributed by atoms with Gasteiger partial charge >= 0.3 is 0 Å². The third-order valence-corrected chi connectivity index (χ3v) is 1.84. The van der Waals surface area contributed by atoms with Gasteiger partial charge in [0.15, 0.2) is 0 Å². The number of nitrogens with one attached hydrogen (secondary N) is 1. The van der Waals surface area contributed by atoms with Gasteiger partial charge in [0.2, 0.25) is 0 Å². The number of aliphatic imine (C=N–C) groups is 1. The van der Waals surface area contributed by atoms with E-state index in [1.807, 2.05) is 0 Å². The van der Waals surface area contributed by atoms with Crippen LogP contribution in [0, 0.1) is 0 Å². The fourth-order valence-electron chi connectivity index (χ4n) is 1.40. The molecule has 0 saturated heterocycles. The summed E-state index contributed by atoms with van der Waals surface area (Å²) in [6.45, 7) is 6.48. The van der Waals surface area contributed by atoms with Crippen LogP contribution in [0.5, 0.6) is 0 Å². The predicted octanol–water partition coefficient (Wildman–Crippen LogP) is 1.57. The maximum atomic E-state index is 4.46. The molecule has 1 heterocycles. The van der Waals surface area contributed by atoms with Gasteiger partial charge in [-0.25, -0.2) is 0 Å². The quantitative estimate of drug-likeness (QED) is 0.587. The summed E-state index contributed by atoms with van der Waals surface area (Å²) in [6, 6.07) is 0.613. The van der Waals surface area contributed by atoms with E-state index in [2.05, 4.69) is 31.1 Å². The first kappa shape index (κ1) is 7.73. The van der Waals surface area contributed by atoms with E-state index in [1.54, 1.807) is 0 Å². The van der Waals surface area contributed by atoms with Crippen LogP contribution in [0.3, 0.4) is 0 Å².